The first-order valence-corrected chi connectivity index (χ1v) is 10.4. The topological polar surface area (TPSA) is 80.3 Å². The van der Waals surface area contributed by atoms with E-state index in [1.165, 1.54) is 5.57 Å². The average molecular weight is 399 g/mol. The Morgan fingerprint density at radius 2 is 2.07 bits per heavy atom. The fourth-order valence-corrected chi connectivity index (χ4v) is 4.05. The number of nitrogens with zero attached hydrogens (tertiary/aromatic N) is 3. The molecule has 156 valence electrons. The lowest BCUT2D eigenvalue weighted by molar-refractivity contribution is 0.0199. The van der Waals surface area contributed by atoms with Gasteiger partial charge in [-0.05, 0) is 58.6 Å². The number of aromatic nitrogens is 3. The lowest BCUT2D eigenvalue weighted by Gasteiger charge is -2.34. The van der Waals surface area contributed by atoms with Crippen LogP contribution in [0, 0.1) is 0 Å². The summed E-state index contributed by atoms with van der Waals surface area (Å²) in [5.41, 5.74) is 3.55. The van der Waals surface area contributed by atoms with Gasteiger partial charge in [0.2, 0.25) is 0 Å². The molecule has 1 unspecified atom stereocenters. The number of H-pyrrole nitrogens is 1. The molecule has 1 saturated heterocycles. The number of carbonyl (C=O) groups excluding carboxylic acids is 1. The number of pyridine rings is 1. The van der Waals surface area contributed by atoms with E-state index in [1.54, 1.807) is 4.90 Å². The second-order valence-corrected chi connectivity index (χ2v) is 8.98. The molecule has 7 nitrogen and oxygen atoms in total. The number of hydrogen-bond acceptors (Lipinski definition) is 5. The van der Waals surface area contributed by atoms with Crippen molar-refractivity contribution in [1.82, 2.24) is 19.9 Å². The van der Waals surface area contributed by atoms with Crippen molar-refractivity contribution in [3.63, 3.8) is 0 Å². The van der Waals surface area contributed by atoms with Crippen LogP contribution in [-0.2, 0) is 9.47 Å². The largest absolute Gasteiger partial charge is 0.444 e. The van der Waals surface area contributed by atoms with Gasteiger partial charge in [-0.25, -0.2) is 14.8 Å². The van der Waals surface area contributed by atoms with E-state index in [0.717, 1.165) is 55.0 Å². The Bertz CT molecular complexity index is 922. The minimum atomic E-state index is -0.492. The maximum absolute atomic E-state index is 12.5. The van der Waals surface area contributed by atoms with Crippen LogP contribution in [0.5, 0.6) is 0 Å². The van der Waals surface area contributed by atoms with Crippen molar-refractivity contribution in [3.05, 3.63) is 29.7 Å². The van der Waals surface area contributed by atoms with E-state index < -0.39 is 5.60 Å². The third-order valence-corrected chi connectivity index (χ3v) is 5.57. The fourth-order valence-electron chi connectivity index (χ4n) is 4.05. The van der Waals surface area contributed by atoms with Gasteiger partial charge in [-0.1, -0.05) is 6.08 Å². The third-order valence-electron chi connectivity index (χ3n) is 5.57. The molecule has 2 aliphatic rings. The predicted octanol–water partition coefficient (Wildman–Crippen LogP) is 4.26. The highest BCUT2D eigenvalue weighted by molar-refractivity contribution is 5.88. The van der Waals surface area contributed by atoms with E-state index >= 15 is 0 Å². The average Bonchev–Trinajstić information content (AvgIpc) is 3.11. The Balaban J connectivity index is 1.58. The summed E-state index contributed by atoms with van der Waals surface area (Å²) in [6.45, 7) is 9.84. The lowest BCUT2D eigenvalue weighted by Crippen LogP contribution is -2.44. The fraction of sp³-hybridized carbons (Fsp3) is 0.591. The molecule has 0 saturated carbocycles. The van der Waals surface area contributed by atoms with Gasteiger partial charge in [-0.15, -0.1) is 0 Å². The van der Waals surface area contributed by atoms with E-state index in [-0.39, 0.29) is 12.1 Å². The summed E-state index contributed by atoms with van der Waals surface area (Å²) in [7, 11) is 0. The zero-order valence-electron chi connectivity index (χ0n) is 17.7. The number of hydrogen-bond donors (Lipinski definition) is 1. The number of carbonyl (C=O) groups is 1. The van der Waals surface area contributed by atoms with Crippen LogP contribution in [0.25, 0.3) is 16.7 Å². The summed E-state index contributed by atoms with van der Waals surface area (Å²) in [4.78, 5) is 27.1. The molecule has 1 atom stereocenters. The Hall–Kier alpha value is -2.41. The Labute approximate surface area is 171 Å². The van der Waals surface area contributed by atoms with Crippen LogP contribution in [-0.4, -0.2) is 57.3 Å². The highest BCUT2D eigenvalue weighted by Crippen LogP contribution is 2.32. The smallest absolute Gasteiger partial charge is 0.410 e. The van der Waals surface area contributed by atoms with Crippen LogP contribution >= 0.6 is 0 Å². The summed E-state index contributed by atoms with van der Waals surface area (Å²) < 4.78 is 11.0. The van der Waals surface area contributed by atoms with Crippen molar-refractivity contribution in [2.45, 2.75) is 64.5 Å². The molecule has 0 radical (unpaired) electrons. The summed E-state index contributed by atoms with van der Waals surface area (Å²) >= 11 is 0. The molecule has 1 N–H and O–H groups in total. The van der Waals surface area contributed by atoms with E-state index in [2.05, 4.69) is 23.0 Å². The lowest BCUT2D eigenvalue weighted by atomic mass is 9.95. The number of amides is 1. The minimum absolute atomic E-state index is 0.0574. The van der Waals surface area contributed by atoms with Gasteiger partial charge in [0.1, 0.15) is 16.9 Å². The highest BCUT2D eigenvalue weighted by atomic mass is 16.6. The molecule has 29 heavy (non-hydrogen) atoms. The van der Waals surface area contributed by atoms with Crippen LogP contribution in [0.3, 0.4) is 0 Å². The van der Waals surface area contributed by atoms with Gasteiger partial charge in [0.05, 0.1) is 0 Å². The molecule has 4 rings (SSSR count). The second kappa shape index (κ2) is 7.78. The van der Waals surface area contributed by atoms with Gasteiger partial charge >= 0.3 is 6.09 Å². The van der Waals surface area contributed by atoms with Crippen molar-refractivity contribution in [3.8, 4) is 0 Å². The number of rotatable bonds is 2. The normalized spacial score (nSPS) is 21.3. The summed E-state index contributed by atoms with van der Waals surface area (Å²) in [5.74, 6) is 1.40. The zero-order valence-corrected chi connectivity index (χ0v) is 17.7. The third kappa shape index (κ3) is 4.29. The first kappa shape index (κ1) is 19.9. The van der Waals surface area contributed by atoms with Gasteiger partial charge in [0, 0.05) is 43.5 Å². The van der Waals surface area contributed by atoms with Crippen molar-refractivity contribution >= 4 is 22.8 Å². The zero-order chi connectivity index (χ0) is 20.6. The number of imidazole rings is 1. The molecule has 2 aliphatic heterocycles. The molecule has 7 heteroatoms. The molecule has 0 spiro atoms. The van der Waals surface area contributed by atoms with Gasteiger partial charge in [0.15, 0.2) is 5.65 Å². The maximum Gasteiger partial charge on any atom is 0.410 e. The molecular formula is C22H30N4O3. The number of nitrogens with one attached hydrogen (secondary N) is 1. The molecule has 4 heterocycles. The molecule has 2 aromatic rings. The first-order valence-electron chi connectivity index (χ1n) is 10.4. The standard InChI is InChI=1S/C22H30N4O3/c1-14-13-16(6-10-26(14)21(27)29-22(2,3)4)17-5-9-23-20-18(17)24-19(25-20)15-7-11-28-12-8-15/h5-6,9,14-15H,7-8,10-13H2,1-4H3,(H,23,24,25). The predicted molar refractivity (Wildman–Crippen MR) is 112 cm³/mol. The van der Waals surface area contributed by atoms with Crippen molar-refractivity contribution in [2.24, 2.45) is 0 Å². The van der Waals surface area contributed by atoms with Crippen LogP contribution in [0.2, 0.25) is 0 Å². The van der Waals surface area contributed by atoms with Crippen LogP contribution in [0.15, 0.2) is 18.3 Å². The number of fused-ring (bicyclic) bond motifs is 1. The SMILES string of the molecule is CC1CC(c2ccnc3[nH]c(C4CCOCC4)nc23)=CCN1C(=O)OC(C)(C)C. The van der Waals surface area contributed by atoms with E-state index in [1.807, 2.05) is 33.0 Å². The molecule has 1 amide bonds. The van der Waals surface area contributed by atoms with Gasteiger partial charge in [-0.2, -0.15) is 0 Å². The Morgan fingerprint density at radius 1 is 1.31 bits per heavy atom. The minimum Gasteiger partial charge on any atom is -0.444 e. The second-order valence-electron chi connectivity index (χ2n) is 8.98. The molecule has 0 bridgehead atoms. The number of aromatic amines is 1. The molecule has 2 aromatic heterocycles. The highest BCUT2D eigenvalue weighted by Gasteiger charge is 2.29. The molecular weight excluding hydrogens is 368 g/mol. The Morgan fingerprint density at radius 3 is 2.76 bits per heavy atom. The molecule has 0 aromatic carbocycles. The summed E-state index contributed by atoms with van der Waals surface area (Å²) in [6.07, 6.45) is 6.41. The monoisotopic (exact) mass is 398 g/mol. The first-order chi connectivity index (χ1) is 13.8. The van der Waals surface area contributed by atoms with Crippen LogP contribution in [0.4, 0.5) is 4.79 Å². The quantitative estimate of drug-likeness (QED) is 0.817. The van der Waals surface area contributed by atoms with Crippen LogP contribution in [0.1, 0.15) is 64.3 Å². The van der Waals surface area contributed by atoms with Crippen molar-refractivity contribution in [1.29, 1.82) is 0 Å². The van der Waals surface area contributed by atoms with Gasteiger partial charge in [0.25, 0.3) is 0 Å². The molecule has 1 fully saturated rings. The maximum atomic E-state index is 12.5. The van der Waals surface area contributed by atoms with Gasteiger partial charge in [-0.3, -0.25) is 0 Å². The summed E-state index contributed by atoms with van der Waals surface area (Å²) in [5, 5.41) is 0. The van der Waals surface area contributed by atoms with Crippen molar-refractivity contribution in [2.75, 3.05) is 19.8 Å². The van der Waals surface area contributed by atoms with Crippen LogP contribution < -0.4 is 0 Å². The van der Waals surface area contributed by atoms with Crippen molar-refractivity contribution < 1.29 is 14.3 Å². The summed E-state index contributed by atoms with van der Waals surface area (Å²) in [6, 6.07) is 2.08. The van der Waals surface area contributed by atoms with E-state index in [0.29, 0.717) is 12.5 Å². The molecule has 0 aliphatic carbocycles. The van der Waals surface area contributed by atoms with Gasteiger partial charge < -0.3 is 19.4 Å². The number of ether oxygens (including phenoxy) is 2. The van der Waals surface area contributed by atoms with E-state index in [4.69, 9.17) is 14.5 Å². The van der Waals surface area contributed by atoms with E-state index in [9.17, 15) is 4.79 Å². The Kier molecular flexibility index (Phi) is 5.34.